The minimum atomic E-state index is -4.04. The predicted octanol–water partition coefficient (Wildman–Crippen LogP) is 7.33. The zero-order valence-electron chi connectivity index (χ0n) is 19.2. The quantitative estimate of drug-likeness (QED) is 0.231. The maximum Gasteiger partial charge on any atom is 0.442 e. The molecule has 4 rings (SSSR count). The van der Waals surface area contributed by atoms with Crippen molar-refractivity contribution in [2.75, 3.05) is 0 Å². The van der Waals surface area contributed by atoms with Crippen LogP contribution in [0.3, 0.4) is 0 Å². The van der Waals surface area contributed by atoms with E-state index in [4.69, 9.17) is 9.05 Å². The Hall–Kier alpha value is -3.06. The molecule has 34 heavy (non-hydrogen) atoms. The van der Waals surface area contributed by atoms with Gasteiger partial charge in [0.05, 0.1) is 0 Å². The van der Waals surface area contributed by atoms with Crippen molar-refractivity contribution >= 4 is 25.3 Å². The molecule has 4 aromatic rings. The van der Waals surface area contributed by atoms with Gasteiger partial charge in [-0.1, -0.05) is 111 Å². The van der Waals surface area contributed by atoms with E-state index in [0.717, 1.165) is 0 Å². The first-order valence-electron chi connectivity index (χ1n) is 11.2. The van der Waals surface area contributed by atoms with Crippen LogP contribution in [-0.4, -0.2) is 5.40 Å². The van der Waals surface area contributed by atoms with Gasteiger partial charge in [0.15, 0.2) is 7.14 Å². The number of hydrogen-bond acceptors (Lipinski definition) is 4. The molecule has 0 aliphatic carbocycles. The van der Waals surface area contributed by atoms with Crippen molar-refractivity contribution in [1.29, 1.82) is 0 Å². The minimum absolute atomic E-state index is 0.287. The van der Waals surface area contributed by atoms with Crippen molar-refractivity contribution in [2.45, 2.75) is 19.2 Å². The average Bonchev–Trinajstić information content (AvgIpc) is 2.86. The normalized spacial score (nSPS) is 12.8. The highest BCUT2D eigenvalue weighted by atomic mass is 31.2. The fourth-order valence-corrected chi connectivity index (χ4v) is 11.6. The van der Waals surface area contributed by atoms with Crippen LogP contribution in [0.15, 0.2) is 121 Å². The van der Waals surface area contributed by atoms with Crippen molar-refractivity contribution in [3.63, 3.8) is 0 Å². The molecule has 4 aromatic carbocycles. The van der Waals surface area contributed by atoms with Gasteiger partial charge in [-0.25, -0.2) is 4.57 Å². The number of benzene rings is 4. The largest absolute Gasteiger partial charge is 0.442 e. The Morgan fingerprint density at radius 2 is 0.853 bits per heavy atom. The number of para-hydroxylation sites is 2. The van der Waals surface area contributed by atoms with Gasteiger partial charge in [-0.2, -0.15) is 0 Å². The first-order chi connectivity index (χ1) is 16.4. The van der Waals surface area contributed by atoms with Crippen LogP contribution in [0.25, 0.3) is 0 Å². The summed E-state index contributed by atoms with van der Waals surface area (Å²) in [4.78, 5) is 0. The third kappa shape index (κ3) is 5.04. The molecule has 0 aliphatic rings. The smallest absolute Gasteiger partial charge is 0.416 e. The molecule has 6 heteroatoms. The molecule has 0 saturated carbocycles. The van der Waals surface area contributed by atoms with Crippen molar-refractivity contribution in [1.82, 2.24) is 0 Å². The SMILES string of the molecule is CC(C)C(P(=O)(Oc1ccccc1)Oc1ccccc1)P(=O)(c1ccccc1)c1ccccc1. The summed E-state index contributed by atoms with van der Waals surface area (Å²) in [7, 11) is -7.54. The molecule has 1 unspecified atom stereocenters. The molecule has 1 atom stereocenters. The summed E-state index contributed by atoms with van der Waals surface area (Å²) in [5.41, 5.74) is 0. The summed E-state index contributed by atoms with van der Waals surface area (Å²) < 4.78 is 42.5. The minimum Gasteiger partial charge on any atom is -0.416 e. The second-order valence-electron chi connectivity index (χ2n) is 8.34. The molecule has 0 N–H and O–H groups in total. The number of rotatable bonds is 9. The van der Waals surface area contributed by atoms with E-state index < -0.39 is 20.1 Å². The molecule has 0 amide bonds. The van der Waals surface area contributed by atoms with E-state index in [1.54, 1.807) is 48.5 Å². The van der Waals surface area contributed by atoms with Crippen LogP contribution >= 0.6 is 14.7 Å². The van der Waals surface area contributed by atoms with E-state index in [1.807, 2.05) is 86.6 Å². The van der Waals surface area contributed by atoms with Crippen LogP contribution in [0.1, 0.15) is 13.8 Å². The highest BCUT2D eigenvalue weighted by molar-refractivity contribution is 7.87. The Bertz CT molecular complexity index is 1190. The molecule has 0 saturated heterocycles. The Labute approximate surface area is 201 Å². The van der Waals surface area contributed by atoms with Crippen molar-refractivity contribution in [3.8, 4) is 11.5 Å². The van der Waals surface area contributed by atoms with Gasteiger partial charge in [-0.3, -0.25) is 0 Å². The second kappa shape index (κ2) is 10.5. The predicted molar refractivity (Wildman–Crippen MR) is 140 cm³/mol. The molecule has 0 aliphatic heterocycles. The first kappa shape index (κ1) is 24.1. The van der Waals surface area contributed by atoms with Crippen LogP contribution in [0.5, 0.6) is 11.5 Å². The van der Waals surface area contributed by atoms with Crippen molar-refractivity contribution < 1.29 is 18.2 Å². The Balaban J connectivity index is 1.94. The molecular formula is C28H28O4P2. The number of hydrogen-bond donors (Lipinski definition) is 0. The van der Waals surface area contributed by atoms with Crippen molar-refractivity contribution in [2.24, 2.45) is 5.92 Å². The van der Waals surface area contributed by atoms with Gasteiger partial charge in [0.2, 0.25) is 0 Å². The Morgan fingerprint density at radius 3 is 1.18 bits per heavy atom. The summed E-state index contributed by atoms with van der Waals surface area (Å²) in [5.74, 6) is 0.518. The molecule has 0 aromatic heterocycles. The molecule has 0 radical (unpaired) electrons. The molecule has 0 fully saturated rings. The topological polar surface area (TPSA) is 52.6 Å². The van der Waals surface area contributed by atoms with Gasteiger partial charge in [0.1, 0.15) is 16.9 Å². The van der Waals surface area contributed by atoms with Crippen molar-refractivity contribution in [3.05, 3.63) is 121 Å². The lowest BCUT2D eigenvalue weighted by Crippen LogP contribution is -2.32. The van der Waals surface area contributed by atoms with Gasteiger partial charge < -0.3 is 13.6 Å². The lowest BCUT2D eigenvalue weighted by molar-refractivity contribution is 0.371. The first-order valence-corrected chi connectivity index (χ1v) is 14.6. The molecule has 174 valence electrons. The van der Waals surface area contributed by atoms with E-state index in [0.29, 0.717) is 22.1 Å². The maximum absolute atomic E-state index is 15.3. The molecular weight excluding hydrogens is 462 g/mol. The standard InChI is InChI=1S/C28H28O4P2/c1-23(2)28(33(29,26-19-11-5-12-20-26)27-21-13-6-14-22-27)34(30,31-24-15-7-3-8-16-24)32-25-17-9-4-10-18-25/h3-23,28H,1-2H3. The molecule has 0 bridgehead atoms. The monoisotopic (exact) mass is 490 g/mol. The second-order valence-corrected chi connectivity index (χ2v) is 13.6. The zero-order valence-corrected chi connectivity index (χ0v) is 21.0. The fraction of sp³-hybridized carbons (Fsp3) is 0.143. The highest BCUT2D eigenvalue weighted by Crippen LogP contribution is 2.69. The van der Waals surface area contributed by atoms with E-state index in [1.165, 1.54) is 0 Å². The molecule has 0 spiro atoms. The van der Waals surface area contributed by atoms with Crippen LogP contribution < -0.4 is 19.7 Å². The van der Waals surface area contributed by atoms with Gasteiger partial charge >= 0.3 is 7.60 Å². The van der Waals surface area contributed by atoms with Crippen LogP contribution in [0, 0.1) is 5.92 Å². The van der Waals surface area contributed by atoms with Gasteiger partial charge in [-0.05, 0) is 30.2 Å². The lowest BCUT2D eigenvalue weighted by atomic mass is 10.3. The van der Waals surface area contributed by atoms with E-state index >= 15 is 4.57 Å². The van der Waals surface area contributed by atoms with Gasteiger partial charge in [-0.15, -0.1) is 0 Å². The summed E-state index contributed by atoms with van der Waals surface area (Å²) in [5, 5.41) is 0.312. The zero-order chi connectivity index (χ0) is 24.0. The van der Waals surface area contributed by atoms with E-state index in [-0.39, 0.29) is 5.92 Å². The average molecular weight is 490 g/mol. The third-order valence-corrected chi connectivity index (χ3v) is 13.0. The molecule has 4 nitrogen and oxygen atoms in total. The van der Waals surface area contributed by atoms with E-state index in [9.17, 15) is 4.57 Å². The van der Waals surface area contributed by atoms with Crippen LogP contribution in [0.4, 0.5) is 0 Å². The highest BCUT2D eigenvalue weighted by Gasteiger charge is 2.54. The summed E-state index contributed by atoms with van der Waals surface area (Å²) in [6, 6.07) is 36.3. The Morgan fingerprint density at radius 1 is 0.529 bits per heavy atom. The van der Waals surface area contributed by atoms with Gasteiger partial charge in [0.25, 0.3) is 0 Å². The molecule has 0 heterocycles. The van der Waals surface area contributed by atoms with Crippen LogP contribution in [-0.2, 0) is 9.13 Å². The van der Waals surface area contributed by atoms with E-state index in [2.05, 4.69) is 0 Å². The van der Waals surface area contributed by atoms with Crippen LogP contribution in [0.2, 0.25) is 0 Å². The third-order valence-electron chi connectivity index (χ3n) is 5.52. The summed E-state index contributed by atoms with van der Waals surface area (Å²) >= 11 is 0. The Kier molecular flexibility index (Phi) is 7.41. The summed E-state index contributed by atoms with van der Waals surface area (Å²) in [6.07, 6.45) is 0. The fourth-order valence-electron chi connectivity index (χ4n) is 4.12. The maximum atomic E-state index is 15.3. The summed E-state index contributed by atoms with van der Waals surface area (Å²) in [6.45, 7) is 3.83. The lowest BCUT2D eigenvalue weighted by Gasteiger charge is -2.35. The van der Waals surface area contributed by atoms with Gasteiger partial charge in [0, 0.05) is 10.6 Å².